The highest BCUT2D eigenvalue weighted by Gasteiger charge is 2.09. The molecule has 0 saturated carbocycles. The first kappa shape index (κ1) is 13.6. The first-order chi connectivity index (χ1) is 10.1. The summed E-state index contributed by atoms with van der Waals surface area (Å²) in [6, 6.07) is 18.2. The van der Waals surface area contributed by atoms with E-state index in [0.717, 1.165) is 10.8 Å². The van der Waals surface area contributed by atoms with Crippen LogP contribution >= 0.6 is 0 Å². The summed E-state index contributed by atoms with van der Waals surface area (Å²) in [5.74, 6) is 0.0945. The smallest absolute Gasteiger partial charge is 0.338 e. The van der Waals surface area contributed by atoms with Gasteiger partial charge < -0.3 is 4.74 Å². The molecule has 0 fully saturated rings. The van der Waals surface area contributed by atoms with Crippen LogP contribution in [0.15, 0.2) is 54.6 Å². The Labute approximate surface area is 124 Å². The summed E-state index contributed by atoms with van der Waals surface area (Å²) < 4.78 is 5.29. The minimum absolute atomic E-state index is 0.251. The molecule has 0 radical (unpaired) electrons. The number of ether oxygens (including phenoxy) is 1. The van der Waals surface area contributed by atoms with Gasteiger partial charge in [-0.15, -0.1) is 0 Å². The quantitative estimate of drug-likeness (QED) is 0.508. The Morgan fingerprint density at radius 2 is 1.52 bits per heavy atom. The lowest BCUT2D eigenvalue weighted by Crippen LogP contribution is -2.10. The average Bonchev–Trinajstić information content (AvgIpc) is 2.50. The number of hydrogen-bond donors (Lipinski definition) is 0. The fraction of sp³-hybridized carbons (Fsp3) is 0.211. The molecule has 0 aliphatic heterocycles. The number of hydrogen-bond acceptors (Lipinski definition) is 2. The first-order valence-corrected chi connectivity index (χ1v) is 7.23. The summed E-state index contributed by atoms with van der Waals surface area (Å²) in [4.78, 5) is 12.0. The first-order valence-electron chi connectivity index (χ1n) is 7.23. The van der Waals surface area contributed by atoms with Gasteiger partial charge in [-0.25, -0.2) is 4.79 Å². The van der Waals surface area contributed by atoms with Crippen molar-refractivity contribution in [3.05, 3.63) is 60.2 Å². The van der Waals surface area contributed by atoms with Crippen molar-refractivity contribution in [2.24, 2.45) is 5.92 Å². The van der Waals surface area contributed by atoms with Crippen molar-refractivity contribution in [2.45, 2.75) is 13.8 Å². The molecule has 0 heterocycles. The van der Waals surface area contributed by atoms with Gasteiger partial charge in [0.2, 0.25) is 0 Å². The van der Waals surface area contributed by atoms with Crippen molar-refractivity contribution in [3.8, 4) is 0 Å². The molecule has 2 nitrogen and oxygen atoms in total. The van der Waals surface area contributed by atoms with E-state index >= 15 is 0 Å². The maximum Gasteiger partial charge on any atom is 0.338 e. The monoisotopic (exact) mass is 278 g/mol. The Bertz CT molecular complexity index is 803. The Morgan fingerprint density at radius 3 is 2.19 bits per heavy atom. The molecule has 0 atom stereocenters. The van der Waals surface area contributed by atoms with Gasteiger partial charge in [0.15, 0.2) is 0 Å². The third-order valence-electron chi connectivity index (χ3n) is 3.49. The van der Waals surface area contributed by atoms with E-state index in [1.165, 1.54) is 10.8 Å². The zero-order valence-electron chi connectivity index (χ0n) is 12.3. The normalized spacial score (nSPS) is 11.2. The molecule has 2 heteroatoms. The number of benzene rings is 3. The second-order valence-corrected chi connectivity index (χ2v) is 5.75. The van der Waals surface area contributed by atoms with E-state index in [1.807, 2.05) is 44.2 Å². The van der Waals surface area contributed by atoms with Crippen molar-refractivity contribution in [1.82, 2.24) is 0 Å². The van der Waals surface area contributed by atoms with Crippen molar-refractivity contribution in [3.63, 3.8) is 0 Å². The SMILES string of the molecule is CC(C)COC(=O)c1ccc2cc3ccccc3cc2c1. The molecule has 3 rings (SSSR count). The van der Waals surface area contributed by atoms with Crippen LogP contribution in [0, 0.1) is 5.92 Å². The van der Waals surface area contributed by atoms with Gasteiger partial charge >= 0.3 is 5.97 Å². The van der Waals surface area contributed by atoms with E-state index in [9.17, 15) is 4.79 Å². The van der Waals surface area contributed by atoms with Gasteiger partial charge in [-0.05, 0) is 51.7 Å². The van der Waals surface area contributed by atoms with Gasteiger partial charge in [0.25, 0.3) is 0 Å². The van der Waals surface area contributed by atoms with Crippen LogP contribution in [0.2, 0.25) is 0 Å². The summed E-state index contributed by atoms with van der Waals surface area (Å²) in [5, 5.41) is 4.58. The Balaban J connectivity index is 1.99. The Hall–Kier alpha value is -2.35. The van der Waals surface area contributed by atoms with Crippen LogP contribution in [0.1, 0.15) is 24.2 Å². The molecule has 0 aliphatic rings. The second kappa shape index (κ2) is 5.57. The summed E-state index contributed by atoms with van der Waals surface area (Å²) >= 11 is 0. The number of esters is 1. The van der Waals surface area contributed by atoms with E-state index in [4.69, 9.17) is 4.74 Å². The molecule has 0 saturated heterocycles. The van der Waals surface area contributed by atoms with Crippen molar-refractivity contribution in [2.75, 3.05) is 6.61 Å². The van der Waals surface area contributed by atoms with E-state index in [2.05, 4.69) is 24.3 Å². The fourth-order valence-corrected chi connectivity index (χ4v) is 2.39. The van der Waals surface area contributed by atoms with Gasteiger partial charge in [0.05, 0.1) is 12.2 Å². The third kappa shape index (κ3) is 2.89. The van der Waals surface area contributed by atoms with Gasteiger partial charge in [-0.1, -0.05) is 44.2 Å². The Kier molecular flexibility index (Phi) is 3.61. The molecule has 0 N–H and O–H groups in total. The lowest BCUT2D eigenvalue weighted by Gasteiger charge is -2.08. The summed E-state index contributed by atoms with van der Waals surface area (Å²) in [7, 11) is 0. The lowest BCUT2D eigenvalue weighted by molar-refractivity contribution is 0.0459. The van der Waals surface area contributed by atoms with Gasteiger partial charge in [-0.2, -0.15) is 0 Å². The van der Waals surface area contributed by atoms with Gasteiger partial charge in [0.1, 0.15) is 0 Å². The summed E-state index contributed by atoms with van der Waals surface area (Å²) in [5.41, 5.74) is 0.610. The highest BCUT2D eigenvalue weighted by Crippen LogP contribution is 2.24. The molecule has 0 unspecified atom stereocenters. The number of rotatable bonds is 3. The third-order valence-corrected chi connectivity index (χ3v) is 3.49. The predicted octanol–water partition coefficient (Wildman–Crippen LogP) is 4.81. The maximum absolute atomic E-state index is 12.0. The van der Waals surface area contributed by atoms with E-state index < -0.39 is 0 Å². The lowest BCUT2D eigenvalue weighted by atomic mass is 10.0. The highest BCUT2D eigenvalue weighted by molar-refractivity contribution is 6.01. The second-order valence-electron chi connectivity index (χ2n) is 5.75. The molecule has 0 aliphatic carbocycles. The standard InChI is InChI=1S/C19H18O2/c1-13(2)12-21-19(20)17-8-7-16-9-14-5-3-4-6-15(14)10-18(16)11-17/h3-11,13H,12H2,1-2H3. The largest absolute Gasteiger partial charge is 0.462 e. The molecule has 21 heavy (non-hydrogen) atoms. The van der Waals surface area contributed by atoms with E-state index in [0.29, 0.717) is 18.1 Å². The molecule has 3 aromatic rings. The maximum atomic E-state index is 12.0. The predicted molar refractivity (Wildman–Crippen MR) is 86.6 cm³/mol. The van der Waals surface area contributed by atoms with Crippen LogP contribution < -0.4 is 0 Å². The average molecular weight is 278 g/mol. The van der Waals surface area contributed by atoms with Crippen LogP contribution in [0.4, 0.5) is 0 Å². The van der Waals surface area contributed by atoms with Gasteiger partial charge in [-0.3, -0.25) is 0 Å². The highest BCUT2D eigenvalue weighted by atomic mass is 16.5. The van der Waals surface area contributed by atoms with Crippen molar-refractivity contribution >= 4 is 27.5 Å². The minimum atomic E-state index is -0.251. The van der Waals surface area contributed by atoms with Crippen LogP contribution in [0.25, 0.3) is 21.5 Å². The molecule has 3 aromatic carbocycles. The van der Waals surface area contributed by atoms with Crippen molar-refractivity contribution < 1.29 is 9.53 Å². The number of carbonyl (C=O) groups is 1. The number of carbonyl (C=O) groups excluding carboxylic acids is 1. The van der Waals surface area contributed by atoms with Crippen LogP contribution in [0.3, 0.4) is 0 Å². The summed E-state index contributed by atoms with van der Waals surface area (Å²) in [6.07, 6.45) is 0. The molecular formula is C19H18O2. The molecule has 0 aromatic heterocycles. The minimum Gasteiger partial charge on any atom is -0.462 e. The van der Waals surface area contributed by atoms with Crippen molar-refractivity contribution in [1.29, 1.82) is 0 Å². The Morgan fingerprint density at radius 1 is 0.905 bits per heavy atom. The zero-order chi connectivity index (χ0) is 14.8. The van der Waals surface area contributed by atoms with E-state index in [1.54, 1.807) is 0 Å². The molecule has 0 amide bonds. The van der Waals surface area contributed by atoms with Crippen LogP contribution in [-0.4, -0.2) is 12.6 Å². The molecule has 0 spiro atoms. The van der Waals surface area contributed by atoms with Crippen LogP contribution in [0.5, 0.6) is 0 Å². The van der Waals surface area contributed by atoms with E-state index in [-0.39, 0.29) is 5.97 Å². The van der Waals surface area contributed by atoms with Gasteiger partial charge in [0, 0.05) is 0 Å². The molecule has 0 bridgehead atoms. The van der Waals surface area contributed by atoms with Crippen LogP contribution in [-0.2, 0) is 4.74 Å². The fourth-order valence-electron chi connectivity index (χ4n) is 2.39. The molecular weight excluding hydrogens is 260 g/mol. The zero-order valence-corrected chi connectivity index (χ0v) is 12.3. The summed E-state index contributed by atoms with van der Waals surface area (Å²) in [6.45, 7) is 4.51. The number of fused-ring (bicyclic) bond motifs is 2. The topological polar surface area (TPSA) is 26.3 Å². The molecule has 106 valence electrons.